The Bertz CT molecular complexity index is 1030. The average molecular weight is 404 g/mol. The third kappa shape index (κ3) is 4.47. The van der Waals surface area contributed by atoms with E-state index in [1.54, 1.807) is 17.4 Å². The molecule has 1 saturated heterocycles. The van der Waals surface area contributed by atoms with E-state index in [4.69, 9.17) is 15.0 Å². The lowest BCUT2D eigenvalue weighted by atomic mass is 10.0. The minimum atomic E-state index is -0.0199. The lowest BCUT2D eigenvalue weighted by molar-refractivity contribution is -0.137. The highest BCUT2D eigenvalue weighted by Gasteiger charge is 2.30. The molecule has 5 nitrogen and oxygen atoms in total. The van der Waals surface area contributed by atoms with Crippen LogP contribution in [0.2, 0.25) is 0 Å². The number of hydrogen-bond donors (Lipinski definition) is 0. The predicted octanol–water partition coefficient (Wildman–Crippen LogP) is 4.81. The minimum absolute atomic E-state index is 0.0122. The molecule has 4 rings (SSSR count). The van der Waals surface area contributed by atoms with E-state index < -0.39 is 0 Å². The SMILES string of the molecule is N#Cc1cccc(-c2csc([C@H]3CCCCN3C(=O)COc3ccccc3)n2)c1. The number of likely N-dealkylation sites (tertiary alicyclic amines) is 1. The van der Waals surface area contributed by atoms with Gasteiger partial charge in [0.25, 0.3) is 5.91 Å². The first kappa shape index (κ1) is 19.2. The second kappa shape index (κ2) is 8.89. The number of benzene rings is 2. The molecule has 1 amide bonds. The Balaban J connectivity index is 1.49. The molecule has 146 valence electrons. The van der Waals surface area contributed by atoms with Gasteiger partial charge in [-0.1, -0.05) is 30.3 Å². The van der Waals surface area contributed by atoms with Crippen molar-refractivity contribution in [3.8, 4) is 23.1 Å². The maximum Gasteiger partial charge on any atom is 0.261 e. The number of piperidine rings is 1. The Hall–Kier alpha value is -3.17. The number of para-hydroxylation sites is 1. The summed E-state index contributed by atoms with van der Waals surface area (Å²) in [6.07, 6.45) is 2.98. The molecule has 29 heavy (non-hydrogen) atoms. The van der Waals surface area contributed by atoms with Gasteiger partial charge in [0.05, 0.1) is 23.4 Å². The van der Waals surface area contributed by atoms with Crippen LogP contribution in [-0.4, -0.2) is 28.9 Å². The van der Waals surface area contributed by atoms with Crippen LogP contribution in [0.25, 0.3) is 11.3 Å². The van der Waals surface area contributed by atoms with Crippen LogP contribution in [0.3, 0.4) is 0 Å². The maximum atomic E-state index is 12.9. The quantitative estimate of drug-likeness (QED) is 0.613. The fraction of sp³-hybridized carbons (Fsp3) is 0.261. The predicted molar refractivity (Wildman–Crippen MR) is 113 cm³/mol. The molecule has 0 N–H and O–H groups in total. The number of nitrogens with zero attached hydrogens (tertiary/aromatic N) is 3. The molecule has 0 bridgehead atoms. The molecule has 3 aromatic rings. The summed E-state index contributed by atoms with van der Waals surface area (Å²) in [7, 11) is 0. The molecule has 1 aromatic heterocycles. The van der Waals surface area contributed by atoms with Crippen molar-refractivity contribution in [2.45, 2.75) is 25.3 Å². The Morgan fingerprint density at radius 3 is 2.90 bits per heavy atom. The van der Waals surface area contributed by atoms with E-state index in [0.29, 0.717) is 11.3 Å². The van der Waals surface area contributed by atoms with Crippen LogP contribution < -0.4 is 4.74 Å². The zero-order chi connectivity index (χ0) is 20.1. The molecule has 1 aliphatic heterocycles. The third-order valence-electron chi connectivity index (χ3n) is 5.02. The molecular formula is C23H21N3O2S. The summed E-state index contributed by atoms with van der Waals surface area (Å²) in [5.74, 6) is 0.685. The number of rotatable bonds is 5. The summed E-state index contributed by atoms with van der Waals surface area (Å²) < 4.78 is 5.67. The van der Waals surface area contributed by atoms with Crippen LogP contribution in [0.15, 0.2) is 60.0 Å². The number of hydrogen-bond acceptors (Lipinski definition) is 5. The second-order valence-corrected chi connectivity index (χ2v) is 7.85. The van der Waals surface area contributed by atoms with Crippen molar-refractivity contribution in [3.63, 3.8) is 0 Å². The number of carbonyl (C=O) groups is 1. The molecule has 0 aliphatic carbocycles. The van der Waals surface area contributed by atoms with Crippen molar-refractivity contribution in [2.75, 3.05) is 13.2 Å². The lowest BCUT2D eigenvalue weighted by Gasteiger charge is -2.34. The normalized spacial score (nSPS) is 16.2. The molecule has 0 radical (unpaired) electrons. The number of ether oxygens (including phenoxy) is 1. The summed E-state index contributed by atoms with van der Waals surface area (Å²) in [4.78, 5) is 19.6. The number of amides is 1. The van der Waals surface area contributed by atoms with E-state index in [9.17, 15) is 4.79 Å². The molecule has 2 heterocycles. The monoisotopic (exact) mass is 403 g/mol. The van der Waals surface area contributed by atoms with Crippen LogP contribution in [0.5, 0.6) is 5.75 Å². The van der Waals surface area contributed by atoms with Gasteiger partial charge in [-0.15, -0.1) is 11.3 Å². The number of carbonyl (C=O) groups excluding carboxylic acids is 1. The average Bonchev–Trinajstić information content (AvgIpc) is 3.28. The topological polar surface area (TPSA) is 66.2 Å². The minimum Gasteiger partial charge on any atom is -0.484 e. The van der Waals surface area contributed by atoms with Gasteiger partial charge in [-0.05, 0) is 43.5 Å². The van der Waals surface area contributed by atoms with Gasteiger partial charge in [-0.3, -0.25) is 4.79 Å². The molecule has 0 unspecified atom stereocenters. The van der Waals surface area contributed by atoms with E-state index in [0.717, 1.165) is 42.1 Å². The molecule has 2 aromatic carbocycles. The highest BCUT2D eigenvalue weighted by molar-refractivity contribution is 7.10. The van der Waals surface area contributed by atoms with Crippen molar-refractivity contribution in [3.05, 3.63) is 70.5 Å². The molecule has 0 saturated carbocycles. The van der Waals surface area contributed by atoms with Gasteiger partial charge < -0.3 is 9.64 Å². The summed E-state index contributed by atoms with van der Waals surface area (Å²) >= 11 is 1.57. The Kier molecular flexibility index (Phi) is 5.87. The first-order valence-corrected chi connectivity index (χ1v) is 10.6. The van der Waals surface area contributed by atoms with E-state index >= 15 is 0 Å². The second-order valence-electron chi connectivity index (χ2n) is 6.96. The Labute approximate surface area is 174 Å². The number of nitriles is 1. The van der Waals surface area contributed by atoms with Gasteiger partial charge in [0, 0.05) is 17.5 Å². The molecule has 1 aliphatic rings. The van der Waals surface area contributed by atoms with E-state index in [2.05, 4.69) is 6.07 Å². The smallest absolute Gasteiger partial charge is 0.261 e. The van der Waals surface area contributed by atoms with E-state index in [1.807, 2.05) is 58.8 Å². The van der Waals surface area contributed by atoms with Crippen LogP contribution in [0, 0.1) is 11.3 Å². The maximum absolute atomic E-state index is 12.9. The molecule has 1 fully saturated rings. The number of aromatic nitrogens is 1. The van der Waals surface area contributed by atoms with Crippen molar-refractivity contribution < 1.29 is 9.53 Å². The summed E-state index contributed by atoms with van der Waals surface area (Å²) in [5, 5.41) is 12.1. The zero-order valence-corrected chi connectivity index (χ0v) is 16.8. The molecular weight excluding hydrogens is 382 g/mol. The largest absolute Gasteiger partial charge is 0.484 e. The first-order valence-electron chi connectivity index (χ1n) is 9.68. The Morgan fingerprint density at radius 1 is 1.21 bits per heavy atom. The summed E-state index contributed by atoms with van der Waals surface area (Å²) in [6, 6.07) is 19.0. The highest BCUT2D eigenvalue weighted by atomic mass is 32.1. The summed E-state index contributed by atoms with van der Waals surface area (Å²) in [6.45, 7) is 0.753. The lowest BCUT2D eigenvalue weighted by Crippen LogP contribution is -2.41. The van der Waals surface area contributed by atoms with Gasteiger partial charge in [0.15, 0.2) is 6.61 Å². The van der Waals surface area contributed by atoms with E-state index in [-0.39, 0.29) is 18.6 Å². The van der Waals surface area contributed by atoms with Gasteiger partial charge in [-0.25, -0.2) is 4.98 Å². The van der Waals surface area contributed by atoms with Crippen molar-refractivity contribution in [1.29, 1.82) is 5.26 Å². The third-order valence-corrected chi connectivity index (χ3v) is 5.97. The van der Waals surface area contributed by atoms with Gasteiger partial charge >= 0.3 is 0 Å². The fourth-order valence-electron chi connectivity index (χ4n) is 3.55. The summed E-state index contributed by atoms with van der Waals surface area (Å²) in [5.41, 5.74) is 2.39. The van der Waals surface area contributed by atoms with Gasteiger partial charge in [0.2, 0.25) is 0 Å². The zero-order valence-electron chi connectivity index (χ0n) is 16.0. The van der Waals surface area contributed by atoms with Crippen LogP contribution in [-0.2, 0) is 4.79 Å². The standard InChI is InChI=1S/C23H21N3O2S/c24-14-17-7-6-8-18(13-17)20-16-29-23(25-20)21-11-4-5-12-26(21)22(27)15-28-19-9-2-1-3-10-19/h1-3,6-10,13,16,21H,4-5,11-12,15H2/t21-/m1/s1. The number of thiazole rings is 1. The Morgan fingerprint density at radius 2 is 2.07 bits per heavy atom. The molecule has 6 heteroatoms. The van der Waals surface area contributed by atoms with Crippen LogP contribution >= 0.6 is 11.3 Å². The van der Waals surface area contributed by atoms with E-state index in [1.165, 1.54) is 0 Å². The first-order chi connectivity index (χ1) is 14.2. The van der Waals surface area contributed by atoms with Gasteiger partial charge in [0.1, 0.15) is 10.8 Å². The van der Waals surface area contributed by atoms with Gasteiger partial charge in [-0.2, -0.15) is 5.26 Å². The highest BCUT2D eigenvalue weighted by Crippen LogP contribution is 2.35. The van der Waals surface area contributed by atoms with Crippen LogP contribution in [0.1, 0.15) is 35.9 Å². The molecule has 1 atom stereocenters. The van der Waals surface area contributed by atoms with Crippen LogP contribution in [0.4, 0.5) is 0 Å². The van der Waals surface area contributed by atoms with Crippen molar-refractivity contribution >= 4 is 17.2 Å². The fourth-order valence-corrected chi connectivity index (χ4v) is 4.53. The molecule has 0 spiro atoms. The van der Waals surface area contributed by atoms with Crippen molar-refractivity contribution in [2.24, 2.45) is 0 Å². The van der Waals surface area contributed by atoms with Crippen molar-refractivity contribution in [1.82, 2.24) is 9.88 Å².